The quantitative estimate of drug-likeness (QED) is 0.394. The largest absolute Gasteiger partial charge is 0.437 e. The van der Waals surface area contributed by atoms with Crippen molar-refractivity contribution in [3.63, 3.8) is 0 Å². The number of pyridine rings is 1. The summed E-state index contributed by atoms with van der Waals surface area (Å²) in [6, 6.07) is 8.21. The molecule has 2 aromatic rings. The summed E-state index contributed by atoms with van der Waals surface area (Å²) in [6.07, 6.45) is 1.52. The van der Waals surface area contributed by atoms with Crippen LogP contribution in [0.4, 0.5) is 0 Å². The lowest BCUT2D eigenvalue weighted by molar-refractivity contribution is 0.318. The molecule has 0 aliphatic carbocycles. The number of oxime groups is 1. The predicted molar refractivity (Wildman–Crippen MR) is 73.3 cm³/mol. The molecule has 0 radical (unpaired) electrons. The maximum atomic E-state index is 8.71. The van der Waals surface area contributed by atoms with E-state index in [2.05, 4.69) is 10.1 Å². The molecule has 0 unspecified atom stereocenters. The van der Waals surface area contributed by atoms with Gasteiger partial charge in [-0.1, -0.05) is 34.4 Å². The summed E-state index contributed by atoms with van der Waals surface area (Å²) < 4.78 is 5.54. The molecule has 0 atom stereocenters. The monoisotopic (exact) mass is 297 g/mol. The van der Waals surface area contributed by atoms with E-state index in [4.69, 9.17) is 38.9 Å². The first-order valence-electron chi connectivity index (χ1n) is 5.18. The number of amidine groups is 1. The van der Waals surface area contributed by atoms with Crippen LogP contribution in [0.15, 0.2) is 41.7 Å². The van der Waals surface area contributed by atoms with Crippen molar-refractivity contribution < 1.29 is 9.94 Å². The number of benzene rings is 1. The third-order valence-electron chi connectivity index (χ3n) is 2.28. The first-order chi connectivity index (χ1) is 9.13. The topological polar surface area (TPSA) is 80.7 Å². The summed E-state index contributed by atoms with van der Waals surface area (Å²) >= 11 is 11.9. The van der Waals surface area contributed by atoms with E-state index in [1.807, 2.05) is 0 Å². The Hall–Kier alpha value is -1.98. The van der Waals surface area contributed by atoms with Gasteiger partial charge >= 0.3 is 0 Å². The fourth-order valence-electron chi connectivity index (χ4n) is 1.39. The standard InChI is InChI=1S/C12H9Cl2N3O2/c13-8-4-1-5-9(10(8)14)19-12-7(11(15)17-18)3-2-6-16-12/h1-6,18H,(H2,15,17). The molecule has 0 bridgehead atoms. The second-order valence-electron chi connectivity index (χ2n) is 3.50. The Morgan fingerprint density at radius 2 is 2.05 bits per heavy atom. The van der Waals surface area contributed by atoms with Crippen LogP contribution in [0.3, 0.4) is 0 Å². The summed E-state index contributed by atoms with van der Waals surface area (Å²) in [7, 11) is 0. The van der Waals surface area contributed by atoms with Gasteiger partial charge in [-0.05, 0) is 24.3 Å². The third kappa shape index (κ3) is 2.89. The Morgan fingerprint density at radius 3 is 2.79 bits per heavy atom. The summed E-state index contributed by atoms with van der Waals surface area (Å²) in [6.45, 7) is 0. The zero-order valence-corrected chi connectivity index (χ0v) is 11.1. The second-order valence-corrected chi connectivity index (χ2v) is 4.28. The highest BCUT2D eigenvalue weighted by atomic mass is 35.5. The molecular formula is C12H9Cl2N3O2. The van der Waals surface area contributed by atoms with Gasteiger partial charge in [-0.25, -0.2) is 4.98 Å². The smallest absolute Gasteiger partial charge is 0.230 e. The molecule has 0 aliphatic rings. The van der Waals surface area contributed by atoms with E-state index in [0.717, 1.165) is 0 Å². The van der Waals surface area contributed by atoms with Crippen LogP contribution in [-0.4, -0.2) is 16.0 Å². The molecule has 0 spiro atoms. The molecule has 19 heavy (non-hydrogen) atoms. The highest BCUT2D eigenvalue weighted by Gasteiger charge is 2.13. The Balaban J connectivity index is 2.42. The summed E-state index contributed by atoms with van der Waals surface area (Å²) in [5, 5.41) is 12.3. The van der Waals surface area contributed by atoms with E-state index in [1.165, 1.54) is 6.20 Å². The predicted octanol–water partition coefficient (Wildman–Crippen LogP) is 3.28. The molecule has 2 rings (SSSR count). The van der Waals surface area contributed by atoms with E-state index in [1.54, 1.807) is 30.3 Å². The van der Waals surface area contributed by atoms with Gasteiger partial charge in [-0.2, -0.15) is 0 Å². The highest BCUT2D eigenvalue weighted by Crippen LogP contribution is 2.34. The van der Waals surface area contributed by atoms with Crippen LogP contribution >= 0.6 is 23.2 Å². The van der Waals surface area contributed by atoms with Crippen molar-refractivity contribution >= 4 is 29.0 Å². The highest BCUT2D eigenvalue weighted by molar-refractivity contribution is 6.42. The number of nitrogens with zero attached hydrogens (tertiary/aromatic N) is 2. The summed E-state index contributed by atoms with van der Waals surface area (Å²) in [4.78, 5) is 4.02. The van der Waals surface area contributed by atoms with Gasteiger partial charge in [0, 0.05) is 6.20 Å². The minimum Gasteiger partial charge on any atom is -0.437 e. The molecule has 0 saturated carbocycles. The van der Waals surface area contributed by atoms with Gasteiger partial charge in [0.15, 0.2) is 5.84 Å². The molecule has 1 aromatic carbocycles. The van der Waals surface area contributed by atoms with Crippen molar-refractivity contribution in [3.05, 3.63) is 52.1 Å². The van der Waals surface area contributed by atoms with Gasteiger partial charge in [0.1, 0.15) is 10.8 Å². The molecule has 3 N–H and O–H groups in total. The van der Waals surface area contributed by atoms with Crippen molar-refractivity contribution in [2.75, 3.05) is 0 Å². The number of hydrogen-bond donors (Lipinski definition) is 2. The average Bonchev–Trinajstić information content (AvgIpc) is 2.43. The zero-order chi connectivity index (χ0) is 13.8. The molecule has 5 nitrogen and oxygen atoms in total. The summed E-state index contributed by atoms with van der Waals surface area (Å²) in [5.74, 6) is 0.392. The van der Waals surface area contributed by atoms with Gasteiger partial charge < -0.3 is 15.7 Å². The normalized spacial score (nSPS) is 11.4. The lowest BCUT2D eigenvalue weighted by atomic mass is 10.2. The maximum absolute atomic E-state index is 8.71. The van der Waals surface area contributed by atoms with Crippen molar-refractivity contribution in [2.45, 2.75) is 0 Å². The van der Waals surface area contributed by atoms with E-state index in [0.29, 0.717) is 16.3 Å². The fraction of sp³-hybridized carbons (Fsp3) is 0. The van der Waals surface area contributed by atoms with Crippen molar-refractivity contribution in [1.82, 2.24) is 4.98 Å². The minimum atomic E-state index is -0.110. The maximum Gasteiger partial charge on any atom is 0.230 e. The fourth-order valence-corrected chi connectivity index (χ4v) is 1.72. The van der Waals surface area contributed by atoms with E-state index < -0.39 is 0 Å². The van der Waals surface area contributed by atoms with Crippen molar-refractivity contribution in [3.8, 4) is 11.6 Å². The van der Waals surface area contributed by atoms with Gasteiger partial charge in [0.2, 0.25) is 5.88 Å². The van der Waals surface area contributed by atoms with Crippen molar-refractivity contribution in [2.24, 2.45) is 10.9 Å². The Morgan fingerprint density at radius 1 is 1.26 bits per heavy atom. The van der Waals surface area contributed by atoms with Gasteiger partial charge in [-0.3, -0.25) is 0 Å². The Bertz CT molecular complexity index is 632. The average molecular weight is 298 g/mol. The molecule has 1 aromatic heterocycles. The molecule has 0 saturated heterocycles. The molecule has 0 aliphatic heterocycles. The molecular weight excluding hydrogens is 289 g/mol. The SMILES string of the molecule is N/C(=N\O)c1cccnc1Oc1cccc(Cl)c1Cl. The van der Waals surface area contributed by atoms with Crippen LogP contribution in [0, 0.1) is 0 Å². The first kappa shape index (κ1) is 13.5. The lowest BCUT2D eigenvalue weighted by Gasteiger charge is -2.10. The van der Waals surface area contributed by atoms with Gasteiger partial charge in [0.05, 0.1) is 10.6 Å². The molecule has 7 heteroatoms. The number of rotatable bonds is 3. The molecule has 98 valence electrons. The Labute approximate surface area is 119 Å². The van der Waals surface area contributed by atoms with Crippen LogP contribution < -0.4 is 10.5 Å². The van der Waals surface area contributed by atoms with Crippen molar-refractivity contribution in [1.29, 1.82) is 0 Å². The first-order valence-corrected chi connectivity index (χ1v) is 5.94. The van der Waals surface area contributed by atoms with E-state index >= 15 is 0 Å². The third-order valence-corrected chi connectivity index (χ3v) is 3.08. The van der Waals surface area contributed by atoms with Gasteiger partial charge in [0.25, 0.3) is 0 Å². The van der Waals surface area contributed by atoms with Crippen LogP contribution in [0.25, 0.3) is 0 Å². The molecule has 1 heterocycles. The Kier molecular flexibility index (Phi) is 4.09. The van der Waals surface area contributed by atoms with Gasteiger partial charge in [-0.15, -0.1) is 0 Å². The van der Waals surface area contributed by atoms with E-state index in [-0.39, 0.29) is 16.7 Å². The van der Waals surface area contributed by atoms with E-state index in [9.17, 15) is 0 Å². The number of aromatic nitrogens is 1. The number of nitrogens with two attached hydrogens (primary N) is 1. The number of ether oxygens (including phenoxy) is 1. The molecule has 0 amide bonds. The number of halogens is 2. The zero-order valence-electron chi connectivity index (χ0n) is 9.55. The van der Waals surface area contributed by atoms with Crippen LogP contribution in [0.2, 0.25) is 10.0 Å². The minimum absolute atomic E-state index is 0.110. The summed E-state index contributed by atoms with van der Waals surface area (Å²) in [5.41, 5.74) is 5.89. The van der Waals surface area contributed by atoms with Crippen LogP contribution in [0.5, 0.6) is 11.6 Å². The lowest BCUT2D eigenvalue weighted by Crippen LogP contribution is -2.14. The second kappa shape index (κ2) is 5.77. The number of hydrogen-bond acceptors (Lipinski definition) is 4. The van der Waals surface area contributed by atoms with Crippen LogP contribution in [-0.2, 0) is 0 Å². The van der Waals surface area contributed by atoms with Crippen LogP contribution in [0.1, 0.15) is 5.56 Å². The molecule has 0 fully saturated rings.